The zero-order valence-electron chi connectivity index (χ0n) is 73.9. The molecule has 2 aromatic heterocycles. The molecule has 2 heterocycles. The van der Waals surface area contributed by atoms with Crippen LogP contribution in [0.3, 0.4) is 0 Å². The molecule has 32 N–H and O–H groups in total. The Labute approximate surface area is 748 Å². The topological polar surface area (TPSA) is 757 Å². The largest absolute Gasteiger partial charge is 0.481 e. The molecule has 0 spiro atoms. The van der Waals surface area contributed by atoms with Crippen molar-refractivity contribution in [1.82, 2.24) is 89.4 Å². The van der Waals surface area contributed by atoms with Crippen molar-refractivity contribution in [3.8, 4) is 0 Å². The number of carboxylic acids is 2. The third-order valence-electron chi connectivity index (χ3n) is 20.4. The number of hydrogen-bond acceptors (Lipinski definition) is 26. The van der Waals surface area contributed by atoms with Gasteiger partial charge in [-0.2, -0.15) is 12.6 Å². The molecule has 716 valence electrons. The molecule has 3 rings (SSSR count). The molecule has 0 aliphatic rings. The molecular weight excluding hydrogens is 1690 g/mol. The van der Waals surface area contributed by atoms with Gasteiger partial charge in [0.25, 0.3) is 0 Å². The highest BCUT2D eigenvalue weighted by Crippen LogP contribution is 2.21. The lowest BCUT2D eigenvalue weighted by molar-refractivity contribution is -0.143. The predicted octanol–water partition coefficient (Wildman–Crippen LogP) is -5.63. The Balaban J connectivity index is 1.87. The second kappa shape index (κ2) is 58.1. The molecule has 0 unspecified atom stereocenters. The highest BCUT2D eigenvalue weighted by atomic mass is 32.1. The molecule has 0 aliphatic heterocycles. The number of benzene rings is 1. The van der Waals surface area contributed by atoms with Crippen molar-refractivity contribution in [3.05, 3.63) is 54.2 Å². The summed E-state index contributed by atoms with van der Waals surface area (Å²) >= 11 is 4.25. The number of nitrogens with zero attached hydrogens (tertiary/aromatic N) is 1. The van der Waals surface area contributed by atoms with E-state index in [4.69, 9.17) is 34.4 Å². The standard InChI is InChI=1S/C82H135N23O22S/c1-42(2)31-57(98-70(114)52(20-12-15-29-84)93-69(113)51(19-11-14-28-83)92-68(112)49(86)34-46-36-90-50-18-10-9-17-48(46)50)75(119)102-62(39-107)79(123)103-61(38-106)78(122)95-55(23-26-65(88)109)73(117)99-58(32-43(3)4)77(121)105-67(45(7)8)81(125)97-56(24-27-66(110)111)74(118)100-59(35-47-37-89-41-91-47)76(120)104-63(40-128)80(124)96-54(22-25-64(87)108)72(116)94-53(21-13-16-30-85)71(115)101-60(82(126)127)33-44(5)6/h9-10,17-18,36-37,41-45,49,51-63,67,90,106-107,128H,11-16,19-35,38-40,83-86H2,1-8H3,(H2,87,108)(H2,88,109)(H,89,91)(H,92,112)(H,93,113)(H,94,116)(H,95,122)(H,96,124)(H,97,125)(H,98,114)(H,99,117)(H,100,118)(H,101,115)(H,102,119)(H,103,123)(H,104,120)(H,105,121)(H,110,111)(H,126,127)/t49-,51-,52-,53-,54-,55-,56-,57-,58-,59-,60-,61-,62-,63-,67-/m0/s1. The molecule has 0 fully saturated rings. The third kappa shape index (κ3) is 40.2. The van der Waals surface area contributed by atoms with Crippen molar-refractivity contribution in [2.24, 2.45) is 58.1 Å². The average molecular weight is 1830 g/mol. The number of carbonyl (C=O) groups excluding carboxylic acids is 16. The van der Waals surface area contributed by atoms with E-state index in [1.54, 1.807) is 47.7 Å². The molecule has 128 heavy (non-hydrogen) atoms. The monoisotopic (exact) mass is 1830 g/mol. The van der Waals surface area contributed by atoms with Gasteiger partial charge in [0.15, 0.2) is 0 Å². The van der Waals surface area contributed by atoms with Crippen LogP contribution >= 0.6 is 12.6 Å². The lowest BCUT2D eigenvalue weighted by atomic mass is 9.98. The summed E-state index contributed by atoms with van der Waals surface area (Å²) in [5.41, 5.74) is 36.3. The summed E-state index contributed by atoms with van der Waals surface area (Å²) in [6.07, 6.45) is 2.68. The maximum atomic E-state index is 14.6. The highest BCUT2D eigenvalue weighted by molar-refractivity contribution is 7.80. The fraction of sp³-hybridized carbons (Fsp3) is 0.646. The molecule has 0 radical (unpaired) electrons. The van der Waals surface area contributed by atoms with Gasteiger partial charge in [0, 0.05) is 54.7 Å². The number of unbranched alkanes of at least 4 members (excludes halogenated alkanes) is 3. The van der Waals surface area contributed by atoms with E-state index in [9.17, 15) is 107 Å². The number of hydrogen-bond donors (Lipinski definition) is 27. The number of H-pyrrole nitrogens is 2. The Morgan fingerprint density at radius 1 is 0.391 bits per heavy atom. The first kappa shape index (κ1) is 111. The predicted molar refractivity (Wildman–Crippen MR) is 471 cm³/mol. The van der Waals surface area contributed by atoms with Gasteiger partial charge in [-0.15, -0.1) is 0 Å². The van der Waals surface area contributed by atoms with E-state index in [1.165, 1.54) is 26.4 Å². The number of aromatic amines is 2. The highest BCUT2D eigenvalue weighted by Gasteiger charge is 2.40. The smallest absolute Gasteiger partial charge is 0.326 e. The molecule has 0 bridgehead atoms. The van der Waals surface area contributed by atoms with Crippen LogP contribution in [0.1, 0.15) is 182 Å². The fourth-order valence-corrected chi connectivity index (χ4v) is 13.6. The van der Waals surface area contributed by atoms with Crippen LogP contribution < -0.4 is 109 Å². The lowest BCUT2D eigenvalue weighted by Gasteiger charge is -2.29. The van der Waals surface area contributed by atoms with E-state index >= 15 is 0 Å². The number of aromatic nitrogens is 3. The van der Waals surface area contributed by atoms with Gasteiger partial charge < -0.3 is 139 Å². The number of thiol groups is 1. The number of imidazole rings is 1. The van der Waals surface area contributed by atoms with Crippen LogP contribution in [-0.2, 0) is 99.1 Å². The van der Waals surface area contributed by atoms with Gasteiger partial charge >= 0.3 is 11.9 Å². The Kier molecular flexibility index (Phi) is 50.2. The Morgan fingerprint density at radius 3 is 1.11 bits per heavy atom. The molecule has 45 nitrogen and oxygen atoms in total. The Hall–Kier alpha value is -11.5. The maximum absolute atomic E-state index is 14.6. The number of aliphatic hydroxyl groups is 2. The first-order valence-electron chi connectivity index (χ1n) is 43.0. The second-order valence-corrected chi connectivity index (χ2v) is 33.4. The van der Waals surface area contributed by atoms with Crippen LogP contribution in [0.15, 0.2) is 43.0 Å². The third-order valence-corrected chi connectivity index (χ3v) is 20.8. The van der Waals surface area contributed by atoms with Gasteiger partial charge in [-0.3, -0.25) is 81.5 Å². The number of para-hydroxylation sites is 1. The van der Waals surface area contributed by atoms with E-state index in [0.29, 0.717) is 32.1 Å². The van der Waals surface area contributed by atoms with Crippen molar-refractivity contribution in [3.63, 3.8) is 0 Å². The number of nitrogens with two attached hydrogens (primary N) is 6. The Bertz CT molecular complexity index is 4150. The molecule has 1 aromatic carbocycles. The van der Waals surface area contributed by atoms with E-state index in [-0.39, 0.29) is 88.5 Å². The second-order valence-electron chi connectivity index (χ2n) is 33.0. The first-order valence-corrected chi connectivity index (χ1v) is 43.6. The maximum Gasteiger partial charge on any atom is 0.326 e. The van der Waals surface area contributed by atoms with E-state index in [0.717, 1.165) is 16.5 Å². The fourth-order valence-electron chi connectivity index (χ4n) is 13.4. The van der Waals surface area contributed by atoms with E-state index < -0.39 is 273 Å². The van der Waals surface area contributed by atoms with Gasteiger partial charge in [0.2, 0.25) is 94.5 Å². The molecule has 16 amide bonds. The summed E-state index contributed by atoms with van der Waals surface area (Å²) in [5, 5.41) is 76.4. The minimum atomic E-state index is -1.98. The molecule has 0 saturated heterocycles. The van der Waals surface area contributed by atoms with Gasteiger partial charge in [-0.05, 0) is 158 Å². The van der Waals surface area contributed by atoms with Crippen LogP contribution in [0.25, 0.3) is 10.9 Å². The SMILES string of the molecule is CC(C)C[C@H](NC(=O)[C@H](CCCCN)NC(=O)[C@H](CCC(N)=O)NC(=O)[C@H](CS)NC(=O)[C@H](Cc1c[nH]cn1)NC(=O)[C@H](CCC(=O)O)NC(=O)[C@@H](NC(=O)[C@H](CC(C)C)NC(=O)[C@H](CCC(N)=O)NC(=O)[C@H](CO)NC(=O)[C@H](CO)NC(=O)[C@H](CC(C)C)NC(=O)[C@H](CCCCN)NC(=O)[C@H](CCCCN)NC(=O)[C@@H](N)Cc1c[nH]c2ccccc12)C(C)C)C(=O)O. The zero-order valence-corrected chi connectivity index (χ0v) is 74.8. The minimum absolute atomic E-state index is 0.0113. The number of rotatable bonds is 64. The average Bonchev–Trinajstić information content (AvgIpc) is 1.64. The van der Waals surface area contributed by atoms with Crippen LogP contribution in [0.2, 0.25) is 0 Å². The number of aliphatic hydroxyl groups excluding tert-OH is 2. The number of carboxylic acid groups (broad SMARTS) is 2. The number of amides is 16. The van der Waals surface area contributed by atoms with Gasteiger partial charge in [0.1, 0.15) is 84.6 Å². The molecule has 15 atom stereocenters. The minimum Gasteiger partial charge on any atom is -0.481 e. The van der Waals surface area contributed by atoms with E-state index in [1.807, 2.05) is 24.3 Å². The van der Waals surface area contributed by atoms with Gasteiger partial charge in [-0.1, -0.05) is 73.6 Å². The lowest BCUT2D eigenvalue weighted by Crippen LogP contribution is -2.62. The summed E-state index contributed by atoms with van der Waals surface area (Å²) < 4.78 is 0. The van der Waals surface area contributed by atoms with E-state index in [2.05, 4.69) is 102 Å². The van der Waals surface area contributed by atoms with Crippen molar-refractivity contribution in [2.45, 2.75) is 274 Å². The van der Waals surface area contributed by atoms with Crippen molar-refractivity contribution >= 4 is 130 Å². The zero-order chi connectivity index (χ0) is 96.0. The molecule has 46 heteroatoms. The number of carbonyl (C=O) groups is 18. The molecule has 3 aromatic rings. The number of aliphatic carboxylic acids is 2. The van der Waals surface area contributed by atoms with Gasteiger partial charge in [-0.25, -0.2) is 9.78 Å². The quantitative estimate of drug-likeness (QED) is 0.0185. The number of primary amides is 2. The van der Waals surface area contributed by atoms with Crippen molar-refractivity contribution < 1.29 is 107 Å². The molecule has 0 aliphatic carbocycles. The molecule has 0 saturated carbocycles. The van der Waals surface area contributed by atoms with Crippen LogP contribution in [0.4, 0.5) is 0 Å². The van der Waals surface area contributed by atoms with Crippen molar-refractivity contribution in [2.75, 3.05) is 38.6 Å². The summed E-state index contributed by atoms with van der Waals surface area (Å²) in [6.45, 7) is 11.5. The summed E-state index contributed by atoms with van der Waals surface area (Å²) in [6, 6.07) is -16.0. The number of nitrogens with one attached hydrogen (secondary N) is 16. The number of fused-ring (bicyclic) bond motifs is 1. The van der Waals surface area contributed by atoms with Gasteiger partial charge in [0.05, 0.1) is 31.3 Å². The summed E-state index contributed by atoms with van der Waals surface area (Å²) in [7, 11) is 0. The molecular formula is C82H135N23O22S. The summed E-state index contributed by atoms with van der Waals surface area (Å²) in [4.78, 5) is 257. The Morgan fingerprint density at radius 2 is 0.727 bits per heavy atom. The normalized spacial score (nSPS) is 14.9. The van der Waals surface area contributed by atoms with Crippen molar-refractivity contribution in [1.29, 1.82) is 0 Å². The van der Waals surface area contributed by atoms with Crippen LogP contribution in [0, 0.1) is 23.7 Å². The van der Waals surface area contributed by atoms with Crippen LogP contribution in [-0.4, -0.2) is 271 Å². The summed E-state index contributed by atoms with van der Waals surface area (Å²) in [5.74, 6) is -21.3. The first-order chi connectivity index (χ1) is 60.5. The van der Waals surface area contributed by atoms with Crippen LogP contribution in [0.5, 0.6) is 0 Å².